The lowest BCUT2D eigenvalue weighted by atomic mass is 9.91. The van der Waals surface area contributed by atoms with Crippen molar-refractivity contribution >= 4 is 5.71 Å². The van der Waals surface area contributed by atoms with Gasteiger partial charge < -0.3 is 54.8 Å². The van der Waals surface area contributed by atoms with Gasteiger partial charge in [-0.1, -0.05) is 11.2 Å². The number of fused-ring (bicyclic) bond motifs is 2. The first-order chi connectivity index (χ1) is 17.7. The molecular weight excluding hydrogens is 490 g/mol. The number of methoxy groups -OCH3 is 1. The SMILES string of the molecule is COc1cc([C@H]2Oc3cc([C@H]4Oc5cc(O)cc(O)c5/C(=N/O)[C@@H]4O)cc(O)c3O[C@@H]2CO)ccc1O. The van der Waals surface area contributed by atoms with Crippen LogP contribution in [-0.2, 0) is 0 Å². The van der Waals surface area contributed by atoms with Gasteiger partial charge in [0.1, 0.15) is 29.1 Å². The van der Waals surface area contributed by atoms with Gasteiger partial charge in [0.2, 0.25) is 5.75 Å². The van der Waals surface area contributed by atoms with Gasteiger partial charge in [-0.15, -0.1) is 0 Å². The number of rotatable bonds is 4. The van der Waals surface area contributed by atoms with E-state index in [1.807, 2.05) is 0 Å². The standard InChI is InChI=1S/C25H23NO11/c1-34-16-5-10(2-3-13(16)29)23-19(9-27)37-25-15(31)4-11(6-18(25)36-23)24-22(32)21(26-33)20-14(30)7-12(28)8-17(20)35-24/h2-8,19,22-24,27-33H,9H2,1H3/b26-21-/t19-,22+,23-,24-/m1/s1. The van der Waals surface area contributed by atoms with Crippen molar-refractivity contribution < 1.29 is 54.8 Å². The van der Waals surface area contributed by atoms with Crippen LogP contribution in [0, 0.1) is 0 Å². The van der Waals surface area contributed by atoms with E-state index < -0.39 is 36.8 Å². The molecule has 2 heterocycles. The van der Waals surface area contributed by atoms with Crippen LogP contribution >= 0.6 is 0 Å². The van der Waals surface area contributed by atoms with E-state index in [1.54, 1.807) is 6.07 Å². The molecule has 37 heavy (non-hydrogen) atoms. The van der Waals surface area contributed by atoms with Crippen LogP contribution in [0.3, 0.4) is 0 Å². The number of oxime groups is 1. The first-order valence-corrected chi connectivity index (χ1v) is 11.1. The van der Waals surface area contributed by atoms with Crippen molar-refractivity contribution in [3.8, 4) is 46.0 Å². The number of benzene rings is 3. The zero-order chi connectivity index (χ0) is 26.4. The van der Waals surface area contributed by atoms with Gasteiger partial charge in [-0.25, -0.2) is 0 Å². The normalized spacial score (nSPS) is 23.3. The summed E-state index contributed by atoms with van der Waals surface area (Å²) < 4.78 is 22.9. The van der Waals surface area contributed by atoms with Crippen molar-refractivity contribution in [2.24, 2.45) is 5.16 Å². The molecule has 0 bridgehead atoms. The summed E-state index contributed by atoms with van der Waals surface area (Å²) in [5.41, 5.74) is 0.282. The highest BCUT2D eigenvalue weighted by molar-refractivity contribution is 6.09. The van der Waals surface area contributed by atoms with Gasteiger partial charge >= 0.3 is 0 Å². The van der Waals surface area contributed by atoms with Crippen LogP contribution in [0.1, 0.15) is 28.9 Å². The third kappa shape index (κ3) is 4.01. The second-order valence-corrected chi connectivity index (χ2v) is 8.48. The fourth-order valence-electron chi connectivity index (χ4n) is 4.48. The van der Waals surface area contributed by atoms with Crippen LogP contribution in [0.4, 0.5) is 0 Å². The Labute approximate surface area is 209 Å². The fraction of sp³-hybridized carbons (Fsp3) is 0.240. The van der Waals surface area contributed by atoms with E-state index in [0.717, 1.165) is 6.07 Å². The van der Waals surface area contributed by atoms with E-state index in [2.05, 4.69) is 5.16 Å². The van der Waals surface area contributed by atoms with Crippen LogP contribution in [0.2, 0.25) is 0 Å². The molecule has 12 nitrogen and oxygen atoms in total. The Bertz CT molecular complexity index is 1390. The van der Waals surface area contributed by atoms with Gasteiger partial charge in [0, 0.05) is 23.3 Å². The maximum absolute atomic E-state index is 10.9. The molecular formula is C25H23NO11. The second-order valence-electron chi connectivity index (χ2n) is 8.48. The van der Waals surface area contributed by atoms with Gasteiger partial charge in [0.25, 0.3) is 0 Å². The molecule has 0 spiro atoms. The molecule has 0 aromatic heterocycles. The fourth-order valence-corrected chi connectivity index (χ4v) is 4.48. The van der Waals surface area contributed by atoms with Crippen LogP contribution in [0.5, 0.6) is 46.0 Å². The Hall–Kier alpha value is -4.55. The Morgan fingerprint density at radius 2 is 1.59 bits per heavy atom. The van der Waals surface area contributed by atoms with E-state index in [9.17, 15) is 35.8 Å². The van der Waals surface area contributed by atoms with Gasteiger partial charge in [-0.05, 0) is 24.3 Å². The molecule has 0 fully saturated rings. The minimum absolute atomic E-state index is 0.0539. The van der Waals surface area contributed by atoms with Gasteiger partial charge in [-0.2, -0.15) is 0 Å². The number of phenolic OH excluding ortho intramolecular Hbond substituents is 4. The highest BCUT2D eigenvalue weighted by Crippen LogP contribution is 2.49. The van der Waals surface area contributed by atoms with E-state index >= 15 is 0 Å². The molecule has 0 aliphatic carbocycles. The van der Waals surface area contributed by atoms with E-state index in [-0.39, 0.29) is 57.1 Å². The summed E-state index contributed by atoms with van der Waals surface area (Å²) in [6.45, 7) is -0.459. The highest BCUT2D eigenvalue weighted by Gasteiger charge is 2.40. The molecule has 5 rings (SSSR count). The third-order valence-corrected chi connectivity index (χ3v) is 6.21. The summed E-state index contributed by atoms with van der Waals surface area (Å²) in [6.07, 6.45) is -4.62. The zero-order valence-electron chi connectivity index (χ0n) is 19.3. The lowest BCUT2D eigenvalue weighted by Gasteiger charge is -2.35. The Kier molecular flexibility index (Phi) is 5.97. The second kappa shape index (κ2) is 9.15. The Morgan fingerprint density at radius 3 is 2.30 bits per heavy atom. The highest BCUT2D eigenvalue weighted by atomic mass is 16.6. The minimum atomic E-state index is -1.59. The van der Waals surface area contributed by atoms with E-state index in [0.29, 0.717) is 5.56 Å². The van der Waals surface area contributed by atoms with Crippen LogP contribution < -0.4 is 18.9 Å². The average Bonchev–Trinajstić information content (AvgIpc) is 2.88. The molecule has 7 N–H and O–H groups in total. The van der Waals surface area contributed by atoms with Crippen molar-refractivity contribution in [3.63, 3.8) is 0 Å². The predicted molar refractivity (Wildman–Crippen MR) is 125 cm³/mol. The lowest BCUT2D eigenvalue weighted by Crippen LogP contribution is -2.38. The first-order valence-electron chi connectivity index (χ1n) is 11.1. The maximum Gasteiger partial charge on any atom is 0.203 e. The summed E-state index contributed by atoms with van der Waals surface area (Å²) in [5.74, 6) is -1.14. The Morgan fingerprint density at radius 1 is 0.838 bits per heavy atom. The monoisotopic (exact) mass is 513 g/mol. The number of nitrogens with zero attached hydrogens (tertiary/aromatic N) is 1. The average molecular weight is 513 g/mol. The number of aromatic hydroxyl groups is 4. The van der Waals surface area contributed by atoms with Crippen LogP contribution in [0.15, 0.2) is 47.6 Å². The molecule has 0 saturated carbocycles. The molecule has 2 aliphatic heterocycles. The lowest BCUT2D eigenvalue weighted by molar-refractivity contribution is -0.0146. The molecule has 0 saturated heterocycles. The number of hydrogen-bond acceptors (Lipinski definition) is 12. The van der Waals surface area contributed by atoms with Crippen molar-refractivity contribution in [2.75, 3.05) is 13.7 Å². The molecule has 0 amide bonds. The van der Waals surface area contributed by atoms with Crippen LogP contribution in [0.25, 0.3) is 0 Å². The van der Waals surface area contributed by atoms with Crippen LogP contribution in [-0.4, -0.2) is 67.5 Å². The summed E-state index contributed by atoms with van der Waals surface area (Å²) in [4.78, 5) is 0. The van der Waals surface area contributed by atoms with Crippen molar-refractivity contribution in [2.45, 2.75) is 24.4 Å². The molecule has 0 radical (unpaired) electrons. The van der Waals surface area contributed by atoms with Gasteiger partial charge in [-0.3, -0.25) is 0 Å². The number of aliphatic hydroxyl groups is 2. The molecule has 4 atom stereocenters. The summed E-state index contributed by atoms with van der Waals surface area (Å²) in [6, 6.07) is 9.36. The largest absolute Gasteiger partial charge is 0.508 e. The molecule has 194 valence electrons. The maximum atomic E-state index is 10.9. The zero-order valence-corrected chi connectivity index (χ0v) is 19.3. The molecule has 3 aromatic rings. The molecule has 0 unspecified atom stereocenters. The van der Waals surface area contributed by atoms with Gasteiger partial charge in [0.15, 0.2) is 41.3 Å². The summed E-state index contributed by atoms with van der Waals surface area (Å²) in [5, 5.41) is 74.2. The Balaban J connectivity index is 1.55. The van der Waals surface area contributed by atoms with Gasteiger partial charge in [0.05, 0.1) is 19.3 Å². The first kappa shape index (κ1) is 24.2. The quantitative estimate of drug-likeness (QED) is 0.200. The molecule has 3 aromatic carbocycles. The van der Waals surface area contributed by atoms with E-state index in [4.69, 9.17) is 18.9 Å². The van der Waals surface area contributed by atoms with Crippen molar-refractivity contribution in [1.29, 1.82) is 0 Å². The number of aliphatic hydroxyl groups excluding tert-OH is 2. The van der Waals surface area contributed by atoms with Crippen molar-refractivity contribution in [3.05, 3.63) is 59.2 Å². The topological polar surface area (TPSA) is 191 Å². The summed E-state index contributed by atoms with van der Waals surface area (Å²) >= 11 is 0. The molecule has 2 aliphatic rings. The third-order valence-electron chi connectivity index (χ3n) is 6.21. The van der Waals surface area contributed by atoms with Crippen molar-refractivity contribution in [1.82, 2.24) is 0 Å². The molecule has 12 heteroatoms. The minimum Gasteiger partial charge on any atom is -0.508 e. The smallest absolute Gasteiger partial charge is 0.203 e. The number of phenols is 4. The number of hydrogen-bond donors (Lipinski definition) is 7. The predicted octanol–water partition coefficient (Wildman–Crippen LogP) is 2.06. The number of ether oxygens (including phenoxy) is 4. The van der Waals surface area contributed by atoms with E-state index in [1.165, 1.54) is 37.4 Å². The summed E-state index contributed by atoms with van der Waals surface area (Å²) in [7, 11) is 1.39.